The lowest BCUT2D eigenvalue weighted by atomic mass is 10.1. The summed E-state index contributed by atoms with van der Waals surface area (Å²) in [5, 5.41) is 9.34. The number of benzene rings is 2. The maximum absolute atomic E-state index is 12.7. The maximum Gasteiger partial charge on any atom is 0.330 e. The van der Waals surface area contributed by atoms with Gasteiger partial charge in [-0.15, -0.1) is 11.3 Å². The molecule has 0 saturated carbocycles. The standard InChI is InChI=1S/C25H22N2O4S/c1-16-6-11-24(32-16)21-14-27(25(30)26-21)20-5-3-4-18(13-20)22(29)10-8-17-7-9-19(15-28)23(12-17)31-2/h3-14,28H,15H2,1-2H3,(H,26,30). The van der Waals surface area contributed by atoms with E-state index in [1.54, 1.807) is 60.0 Å². The Morgan fingerprint density at radius 3 is 2.75 bits per heavy atom. The van der Waals surface area contributed by atoms with Crippen molar-refractivity contribution < 1.29 is 14.6 Å². The fraction of sp³-hybridized carbons (Fsp3) is 0.120. The molecule has 0 spiro atoms. The van der Waals surface area contributed by atoms with Crippen LogP contribution >= 0.6 is 11.3 Å². The van der Waals surface area contributed by atoms with E-state index >= 15 is 0 Å². The molecule has 2 aromatic carbocycles. The number of hydrogen-bond donors (Lipinski definition) is 2. The Labute approximate surface area is 189 Å². The molecule has 7 heteroatoms. The van der Waals surface area contributed by atoms with Crippen LogP contribution in [0.25, 0.3) is 22.3 Å². The first-order valence-electron chi connectivity index (χ1n) is 9.97. The van der Waals surface area contributed by atoms with Gasteiger partial charge in [0.05, 0.1) is 30.0 Å². The highest BCUT2D eigenvalue weighted by Gasteiger charge is 2.11. The molecule has 0 saturated heterocycles. The zero-order chi connectivity index (χ0) is 22.7. The number of methoxy groups -OCH3 is 1. The Bertz CT molecular complexity index is 1360. The van der Waals surface area contributed by atoms with E-state index in [0.717, 1.165) is 21.0 Å². The Hall–Kier alpha value is -3.68. The molecule has 2 aromatic heterocycles. The third kappa shape index (κ3) is 4.49. The summed E-state index contributed by atoms with van der Waals surface area (Å²) < 4.78 is 6.77. The van der Waals surface area contributed by atoms with Crippen LogP contribution < -0.4 is 10.4 Å². The smallest absolute Gasteiger partial charge is 0.330 e. The minimum atomic E-state index is -0.262. The van der Waals surface area contributed by atoms with Crippen LogP contribution in [0.2, 0.25) is 0 Å². The van der Waals surface area contributed by atoms with Crippen molar-refractivity contribution >= 4 is 23.2 Å². The lowest BCUT2D eigenvalue weighted by Gasteiger charge is -2.06. The number of aromatic amines is 1. The molecular formula is C25H22N2O4S. The molecule has 0 aliphatic heterocycles. The van der Waals surface area contributed by atoms with Crippen molar-refractivity contribution in [1.82, 2.24) is 9.55 Å². The highest BCUT2D eigenvalue weighted by molar-refractivity contribution is 7.15. The molecule has 2 N–H and O–H groups in total. The van der Waals surface area contributed by atoms with Gasteiger partial charge in [0.25, 0.3) is 0 Å². The summed E-state index contributed by atoms with van der Waals surface area (Å²) in [5.74, 6) is 0.377. The van der Waals surface area contributed by atoms with Crippen molar-refractivity contribution in [1.29, 1.82) is 0 Å². The molecule has 0 atom stereocenters. The number of rotatable bonds is 7. The van der Waals surface area contributed by atoms with E-state index in [0.29, 0.717) is 22.6 Å². The quantitative estimate of drug-likeness (QED) is 0.321. The molecule has 6 nitrogen and oxygen atoms in total. The van der Waals surface area contributed by atoms with Gasteiger partial charge in [0.1, 0.15) is 5.75 Å². The highest BCUT2D eigenvalue weighted by atomic mass is 32.1. The molecule has 2 heterocycles. The van der Waals surface area contributed by atoms with Gasteiger partial charge in [-0.3, -0.25) is 9.36 Å². The first-order chi connectivity index (χ1) is 15.5. The molecular weight excluding hydrogens is 424 g/mol. The van der Waals surface area contributed by atoms with Gasteiger partial charge in [-0.2, -0.15) is 0 Å². The minimum Gasteiger partial charge on any atom is -0.496 e. The van der Waals surface area contributed by atoms with Crippen LogP contribution in [0.4, 0.5) is 0 Å². The first kappa shape index (κ1) is 21.5. The van der Waals surface area contributed by atoms with Crippen LogP contribution in [0.1, 0.15) is 26.4 Å². The SMILES string of the molecule is COc1cc(C=CC(=O)c2cccc(-n3cc(-c4ccc(C)s4)[nH]c3=O)c2)ccc1CO. The fourth-order valence-corrected chi connectivity index (χ4v) is 4.20. The number of nitrogens with zero attached hydrogens (tertiary/aromatic N) is 1. The average Bonchev–Trinajstić information content (AvgIpc) is 3.42. The van der Waals surface area contributed by atoms with Crippen molar-refractivity contribution in [2.45, 2.75) is 13.5 Å². The van der Waals surface area contributed by atoms with Gasteiger partial charge < -0.3 is 14.8 Å². The fourth-order valence-electron chi connectivity index (χ4n) is 3.36. The molecule has 32 heavy (non-hydrogen) atoms. The second-order valence-corrected chi connectivity index (χ2v) is 8.52. The monoisotopic (exact) mass is 446 g/mol. The third-order valence-electron chi connectivity index (χ3n) is 5.04. The molecule has 0 unspecified atom stereocenters. The highest BCUT2D eigenvalue weighted by Crippen LogP contribution is 2.26. The number of thiophene rings is 1. The van der Waals surface area contributed by atoms with Gasteiger partial charge in [-0.25, -0.2) is 4.79 Å². The second-order valence-electron chi connectivity index (χ2n) is 7.23. The van der Waals surface area contributed by atoms with Crippen LogP contribution in [0.15, 0.2) is 71.7 Å². The number of ketones is 1. The summed E-state index contributed by atoms with van der Waals surface area (Å²) in [5.41, 5.74) is 3.02. The summed E-state index contributed by atoms with van der Waals surface area (Å²) in [6, 6.07) is 16.3. The van der Waals surface area contributed by atoms with E-state index in [2.05, 4.69) is 4.98 Å². The molecule has 4 rings (SSSR count). The van der Waals surface area contributed by atoms with Crippen molar-refractivity contribution in [2.75, 3.05) is 7.11 Å². The molecule has 0 aliphatic carbocycles. The molecule has 162 valence electrons. The van der Waals surface area contributed by atoms with E-state index < -0.39 is 0 Å². The second kappa shape index (κ2) is 9.21. The Balaban J connectivity index is 1.58. The molecule has 0 fully saturated rings. The normalized spacial score (nSPS) is 11.2. The van der Waals surface area contributed by atoms with Crippen molar-refractivity contribution in [3.05, 3.63) is 98.9 Å². The van der Waals surface area contributed by atoms with E-state index in [-0.39, 0.29) is 18.1 Å². The molecule has 0 aliphatic rings. The van der Waals surface area contributed by atoms with Gasteiger partial charge in [0.2, 0.25) is 0 Å². The van der Waals surface area contributed by atoms with Crippen LogP contribution in [0.3, 0.4) is 0 Å². The van der Waals surface area contributed by atoms with E-state index in [1.807, 2.05) is 25.1 Å². The van der Waals surface area contributed by atoms with E-state index in [4.69, 9.17) is 4.74 Å². The summed E-state index contributed by atoms with van der Waals surface area (Å²) >= 11 is 1.61. The van der Waals surface area contributed by atoms with E-state index in [1.165, 1.54) is 17.8 Å². The number of hydrogen-bond acceptors (Lipinski definition) is 5. The molecule has 0 bridgehead atoms. The maximum atomic E-state index is 12.7. The summed E-state index contributed by atoms with van der Waals surface area (Å²) in [6.45, 7) is 1.90. The van der Waals surface area contributed by atoms with Crippen molar-refractivity contribution in [3.63, 3.8) is 0 Å². The largest absolute Gasteiger partial charge is 0.496 e. The Morgan fingerprint density at radius 1 is 1.19 bits per heavy atom. The number of carbonyl (C=O) groups excluding carboxylic acids is 1. The van der Waals surface area contributed by atoms with Gasteiger partial charge in [-0.05, 0) is 48.9 Å². The first-order valence-corrected chi connectivity index (χ1v) is 10.8. The average molecular weight is 447 g/mol. The van der Waals surface area contributed by atoms with Crippen molar-refractivity contribution in [3.8, 4) is 22.0 Å². The number of aromatic nitrogens is 2. The summed E-state index contributed by atoms with van der Waals surface area (Å²) in [6.07, 6.45) is 4.92. The van der Waals surface area contributed by atoms with Crippen LogP contribution in [0, 0.1) is 6.92 Å². The number of H-pyrrole nitrogens is 1. The minimum absolute atomic E-state index is 0.120. The van der Waals surface area contributed by atoms with Gasteiger partial charge in [-0.1, -0.05) is 30.3 Å². The van der Waals surface area contributed by atoms with Gasteiger partial charge in [0, 0.05) is 22.2 Å². The number of aliphatic hydroxyl groups excluding tert-OH is 1. The van der Waals surface area contributed by atoms with Gasteiger partial charge in [0.15, 0.2) is 5.78 Å². The number of allylic oxidation sites excluding steroid dienone is 1. The lowest BCUT2D eigenvalue weighted by molar-refractivity contribution is 0.104. The number of imidazole rings is 1. The van der Waals surface area contributed by atoms with Gasteiger partial charge >= 0.3 is 5.69 Å². The number of aryl methyl sites for hydroxylation is 1. The summed E-state index contributed by atoms with van der Waals surface area (Å²) in [7, 11) is 1.53. The van der Waals surface area contributed by atoms with Crippen molar-refractivity contribution in [2.24, 2.45) is 0 Å². The predicted molar refractivity (Wildman–Crippen MR) is 127 cm³/mol. The summed E-state index contributed by atoms with van der Waals surface area (Å²) in [4.78, 5) is 30.3. The lowest BCUT2D eigenvalue weighted by Crippen LogP contribution is -2.14. The molecule has 0 radical (unpaired) electrons. The molecule has 4 aromatic rings. The predicted octanol–water partition coefficient (Wildman–Crippen LogP) is 4.60. The molecule has 0 amide bonds. The van der Waals surface area contributed by atoms with Crippen LogP contribution in [-0.2, 0) is 6.61 Å². The Morgan fingerprint density at radius 2 is 2.03 bits per heavy atom. The Kier molecular flexibility index (Phi) is 6.20. The van der Waals surface area contributed by atoms with Crippen LogP contribution in [0.5, 0.6) is 5.75 Å². The number of aliphatic hydroxyl groups is 1. The van der Waals surface area contributed by atoms with Crippen LogP contribution in [-0.4, -0.2) is 27.6 Å². The number of ether oxygens (including phenoxy) is 1. The number of carbonyl (C=O) groups is 1. The zero-order valence-corrected chi connectivity index (χ0v) is 18.5. The van der Waals surface area contributed by atoms with E-state index in [9.17, 15) is 14.7 Å². The number of nitrogens with one attached hydrogen (secondary N) is 1. The zero-order valence-electron chi connectivity index (χ0n) is 17.7. The topological polar surface area (TPSA) is 84.3 Å². The third-order valence-corrected chi connectivity index (χ3v) is 6.08.